The van der Waals surface area contributed by atoms with Crippen molar-refractivity contribution in [3.63, 3.8) is 0 Å². The maximum absolute atomic E-state index is 11.0. The Morgan fingerprint density at radius 3 is 2.39 bits per heavy atom. The van der Waals surface area contributed by atoms with Crippen LogP contribution in [0.15, 0.2) is 23.2 Å². The summed E-state index contributed by atoms with van der Waals surface area (Å²) in [6.45, 7) is 4.51. The minimum Gasteiger partial charge on any atom is -0.476 e. The number of hydrogen-bond donors (Lipinski definition) is 1. The Hall–Kier alpha value is -1.18. The molecule has 102 valence electrons. The molecule has 1 aromatic rings. The van der Waals surface area contributed by atoms with Crippen LogP contribution in [0.4, 0.5) is 0 Å². The van der Waals surface area contributed by atoms with E-state index in [0.717, 1.165) is 0 Å². The van der Waals surface area contributed by atoms with E-state index in [0.29, 0.717) is 12.5 Å². The third kappa shape index (κ3) is 3.94. The van der Waals surface area contributed by atoms with Gasteiger partial charge in [0, 0.05) is 11.6 Å². The molecule has 0 saturated carbocycles. The average molecular weight is 273 g/mol. The van der Waals surface area contributed by atoms with Crippen LogP contribution in [0.1, 0.15) is 13.8 Å². The molecule has 0 amide bonds. The van der Waals surface area contributed by atoms with E-state index in [2.05, 4.69) is 4.98 Å². The van der Waals surface area contributed by atoms with Crippen LogP contribution >= 0.6 is 0 Å². The lowest BCUT2D eigenvalue weighted by atomic mass is 10.1. The summed E-state index contributed by atoms with van der Waals surface area (Å²) in [5.74, 6) is 0.373. The number of ether oxygens (including phenoxy) is 1. The van der Waals surface area contributed by atoms with E-state index in [4.69, 9.17) is 9.88 Å². The molecule has 0 aliphatic heterocycles. The largest absolute Gasteiger partial charge is 0.476 e. The first kappa shape index (κ1) is 14.9. The van der Waals surface area contributed by atoms with Gasteiger partial charge in [-0.3, -0.25) is 0 Å². The normalized spacial score (nSPS) is 12.8. The van der Waals surface area contributed by atoms with Gasteiger partial charge in [-0.25, -0.2) is 18.5 Å². The quantitative estimate of drug-likeness (QED) is 0.841. The maximum Gasteiger partial charge on any atom is 0.239 e. The zero-order chi connectivity index (χ0) is 14.0. The first-order valence-corrected chi connectivity index (χ1v) is 6.97. The van der Waals surface area contributed by atoms with Gasteiger partial charge in [-0.15, -0.1) is 0 Å². The SMILES string of the molecule is CN(C)C(C)(C)COc1ccc(S(N)(=O)=O)cn1. The van der Waals surface area contributed by atoms with E-state index in [9.17, 15) is 8.42 Å². The predicted octanol–water partition coefficient (Wildman–Crippen LogP) is 0.448. The number of nitrogens with two attached hydrogens (primary N) is 1. The van der Waals surface area contributed by atoms with Gasteiger partial charge in [0.1, 0.15) is 11.5 Å². The van der Waals surface area contributed by atoms with Crippen LogP contribution in [-0.2, 0) is 10.0 Å². The van der Waals surface area contributed by atoms with E-state index in [1.54, 1.807) is 0 Å². The van der Waals surface area contributed by atoms with Crippen LogP contribution in [-0.4, -0.2) is 44.5 Å². The summed E-state index contributed by atoms with van der Waals surface area (Å²) in [6.07, 6.45) is 1.19. The third-order valence-corrected chi connectivity index (χ3v) is 3.72. The highest BCUT2D eigenvalue weighted by atomic mass is 32.2. The molecule has 1 aromatic heterocycles. The fourth-order valence-electron chi connectivity index (χ4n) is 1.00. The molecule has 0 bridgehead atoms. The summed E-state index contributed by atoms with van der Waals surface area (Å²) in [5.41, 5.74) is -0.139. The first-order chi connectivity index (χ1) is 8.13. The molecule has 1 heterocycles. The minimum absolute atomic E-state index is 0.0262. The van der Waals surface area contributed by atoms with Gasteiger partial charge >= 0.3 is 0 Å². The summed E-state index contributed by atoms with van der Waals surface area (Å²) in [5, 5.41) is 4.97. The summed E-state index contributed by atoms with van der Waals surface area (Å²) in [6, 6.07) is 2.87. The zero-order valence-electron chi connectivity index (χ0n) is 11.0. The second kappa shape index (κ2) is 5.21. The topological polar surface area (TPSA) is 85.5 Å². The maximum atomic E-state index is 11.0. The van der Waals surface area contributed by atoms with Crippen molar-refractivity contribution in [1.82, 2.24) is 9.88 Å². The van der Waals surface area contributed by atoms with Gasteiger partial charge in [0.15, 0.2) is 0 Å². The van der Waals surface area contributed by atoms with Gasteiger partial charge < -0.3 is 9.64 Å². The Morgan fingerprint density at radius 1 is 1.39 bits per heavy atom. The number of nitrogens with zero attached hydrogens (tertiary/aromatic N) is 2. The Kier molecular flexibility index (Phi) is 4.31. The van der Waals surface area contributed by atoms with Crippen molar-refractivity contribution in [3.8, 4) is 5.88 Å². The number of sulfonamides is 1. The smallest absolute Gasteiger partial charge is 0.239 e. The zero-order valence-corrected chi connectivity index (χ0v) is 11.9. The van der Waals surface area contributed by atoms with Crippen molar-refractivity contribution in [2.75, 3.05) is 20.7 Å². The Bertz CT molecular complexity index is 495. The van der Waals surface area contributed by atoms with Crippen LogP contribution in [0.2, 0.25) is 0 Å². The summed E-state index contributed by atoms with van der Waals surface area (Å²) >= 11 is 0. The van der Waals surface area contributed by atoms with E-state index >= 15 is 0 Å². The number of primary sulfonamides is 1. The van der Waals surface area contributed by atoms with Crippen molar-refractivity contribution < 1.29 is 13.2 Å². The Morgan fingerprint density at radius 2 is 2.00 bits per heavy atom. The monoisotopic (exact) mass is 273 g/mol. The van der Waals surface area contributed by atoms with Gasteiger partial charge in [0.05, 0.1) is 6.20 Å². The molecule has 0 aliphatic rings. The van der Waals surface area contributed by atoms with Crippen molar-refractivity contribution in [2.45, 2.75) is 24.3 Å². The van der Waals surface area contributed by atoms with E-state index in [1.807, 2.05) is 32.8 Å². The Labute approximate surface area is 108 Å². The second-order valence-electron chi connectivity index (χ2n) is 4.87. The van der Waals surface area contributed by atoms with Crippen molar-refractivity contribution in [3.05, 3.63) is 18.3 Å². The number of hydrogen-bond acceptors (Lipinski definition) is 5. The molecular formula is C11H19N3O3S. The molecule has 0 aromatic carbocycles. The lowest BCUT2D eigenvalue weighted by Gasteiger charge is -2.31. The minimum atomic E-state index is -3.70. The summed E-state index contributed by atoms with van der Waals surface area (Å²) in [7, 11) is 0.216. The first-order valence-electron chi connectivity index (χ1n) is 5.42. The molecule has 0 unspecified atom stereocenters. The predicted molar refractivity (Wildman–Crippen MR) is 68.9 cm³/mol. The van der Waals surface area contributed by atoms with Crippen LogP contribution in [0.5, 0.6) is 5.88 Å². The molecule has 18 heavy (non-hydrogen) atoms. The molecule has 0 saturated heterocycles. The van der Waals surface area contributed by atoms with Crippen LogP contribution in [0, 0.1) is 0 Å². The number of rotatable bonds is 5. The second-order valence-corrected chi connectivity index (χ2v) is 6.43. The van der Waals surface area contributed by atoms with Crippen LogP contribution < -0.4 is 9.88 Å². The van der Waals surface area contributed by atoms with Gasteiger partial charge in [-0.2, -0.15) is 0 Å². The van der Waals surface area contributed by atoms with Crippen LogP contribution in [0.25, 0.3) is 0 Å². The highest BCUT2D eigenvalue weighted by Crippen LogP contribution is 2.15. The van der Waals surface area contributed by atoms with Gasteiger partial charge in [-0.05, 0) is 34.0 Å². The highest BCUT2D eigenvalue weighted by molar-refractivity contribution is 7.89. The number of aromatic nitrogens is 1. The van der Waals surface area contributed by atoms with Crippen molar-refractivity contribution >= 4 is 10.0 Å². The molecule has 0 atom stereocenters. The van der Waals surface area contributed by atoms with Gasteiger partial charge in [0.2, 0.25) is 15.9 Å². The van der Waals surface area contributed by atoms with Crippen molar-refractivity contribution in [1.29, 1.82) is 0 Å². The lowest BCUT2D eigenvalue weighted by molar-refractivity contribution is 0.111. The van der Waals surface area contributed by atoms with E-state index in [-0.39, 0.29) is 10.4 Å². The van der Waals surface area contributed by atoms with Gasteiger partial charge in [0.25, 0.3) is 0 Å². The van der Waals surface area contributed by atoms with Crippen LogP contribution in [0.3, 0.4) is 0 Å². The summed E-state index contributed by atoms with van der Waals surface area (Å²) in [4.78, 5) is 5.91. The van der Waals surface area contributed by atoms with Crippen molar-refractivity contribution in [2.24, 2.45) is 5.14 Å². The summed E-state index contributed by atoms with van der Waals surface area (Å²) < 4.78 is 27.6. The molecule has 7 heteroatoms. The molecule has 0 spiro atoms. The molecule has 0 fully saturated rings. The lowest BCUT2D eigenvalue weighted by Crippen LogP contribution is -2.43. The average Bonchev–Trinajstić information content (AvgIpc) is 2.25. The molecule has 0 radical (unpaired) electrons. The fraction of sp³-hybridized carbons (Fsp3) is 0.545. The molecular weight excluding hydrogens is 254 g/mol. The van der Waals surface area contributed by atoms with Gasteiger partial charge in [-0.1, -0.05) is 0 Å². The number of likely N-dealkylation sites (N-methyl/N-ethyl adjacent to an activating group) is 1. The highest BCUT2D eigenvalue weighted by Gasteiger charge is 2.21. The molecule has 1 rings (SSSR count). The molecule has 0 aliphatic carbocycles. The van der Waals surface area contributed by atoms with E-state index < -0.39 is 10.0 Å². The molecule has 2 N–H and O–H groups in total. The molecule has 6 nitrogen and oxygen atoms in total. The fourth-order valence-corrected chi connectivity index (χ4v) is 1.46. The third-order valence-electron chi connectivity index (χ3n) is 2.82. The Balaban J connectivity index is 2.71. The van der Waals surface area contributed by atoms with E-state index in [1.165, 1.54) is 18.3 Å². The standard InChI is InChI=1S/C11H19N3O3S/c1-11(2,14(3)4)8-17-10-6-5-9(7-13-10)18(12,15)16/h5-7H,8H2,1-4H3,(H2,12,15,16). The number of pyridine rings is 1.